The molecule has 3 rings (SSSR count). The van der Waals surface area contributed by atoms with Gasteiger partial charge in [-0.3, -0.25) is 0 Å². The summed E-state index contributed by atoms with van der Waals surface area (Å²) < 4.78 is 5.18. The molecule has 1 aliphatic carbocycles. The van der Waals surface area contributed by atoms with E-state index in [1.807, 2.05) is 20.8 Å². The first-order valence-electron chi connectivity index (χ1n) is 7.22. The number of carbonyl (C=O) groups excluding carboxylic acids is 1. The minimum atomic E-state index is -0.243. The maximum atomic E-state index is 12.2. The van der Waals surface area contributed by atoms with Gasteiger partial charge in [-0.1, -0.05) is 0 Å². The van der Waals surface area contributed by atoms with Crippen molar-refractivity contribution in [2.24, 2.45) is 0 Å². The molecule has 0 amide bonds. The molecule has 0 saturated carbocycles. The summed E-state index contributed by atoms with van der Waals surface area (Å²) in [6.45, 7) is 6.17. The van der Waals surface area contributed by atoms with Gasteiger partial charge in [-0.25, -0.2) is 9.78 Å². The van der Waals surface area contributed by atoms with Gasteiger partial charge in [-0.05, 0) is 57.6 Å². The molecule has 4 heteroatoms. The van der Waals surface area contributed by atoms with Crippen LogP contribution in [0.25, 0.3) is 10.2 Å². The van der Waals surface area contributed by atoms with E-state index in [0.29, 0.717) is 12.2 Å². The fourth-order valence-corrected chi connectivity index (χ4v) is 4.49. The van der Waals surface area contributed by atoms with E-state index >= 15 is 0 Å². The number of rotatable bonds is 2. The lowest BCUT2D eigenvalue weighted by Gasteiger charge is -2.13. The average Bonchev–Trinajstić information content (AvgIpc) is 2.76. The van der Waals surface area contributed by atoms with Crippen molar-refractivity contribution in [3.05, 3.63) is 27.3 Å². The number of pyridine rings is 1. The van der Waals surface area contributed by atoms with Crippen LogP contribution >= 0.6 is 11.3 Å². The quantitative estimate of drug-likeness (QED) is 0.785. The highest BCUT2D eigenvalue weighted by Crippen LogP contribution is 2.38. The van der Waals surface area contributed by atoms with Gasteiger partial charge in [0.25, 0.3) is 0 Å². The van der Waals surface area contributed by atoms with E-state index < -0.39 is 0 Å². The van der Waals surface area contributed by atoms with Crippen LogP contribution in [-0.2, 0) is 17.6 Å². The molecular formula is C16H19NO2S. The molecule has 0 spiro atoms. The topological polar surface area (TPSA) is 39.2 Å². The van der Waals surface area contributed by atoms with E-state index in [-0.39, 0.29) is 5.97 Å². The molecule has 3 nitrogen and oxygen atoms in total. The van der Waals surface area contributed by atoms with Gasteiger partial charge in [0.05, 0.1) is 17.9 Å². The molecule has 2 aromatic rings. The molecule has 0 bridgehead atoms. The number of ether oxygens (including phenoxy) is 1. The molecule has 0 aromatic carbocycles. The molecule has 0 fully saturated rings. The van der Waals surface area contributed by atoms with Crippen molar-refractivity contribution < 1.29 is 9.53 Å². The van der Waals surface area contributed by atoms with Crippen LogP contribution in [0.5, 0.6) is 0 Å². The second-order valence-electron chi connectivity index (χ2n) is 5.31. The molecule has 0 saturated heterocycles. The standard InChI is InChI=1S/C16H19NO2S/c1-4-19-16(18)13-9(2)14-11-7-5-6-8-12(11)20-15(14)17-10(13)3/h4-8H2,1-3H3. The van der Waals surface area contributed by atoms with Gasteiger partial charge in [0.15, 0.2) is 0 Å². The Bertz CT molecular complexity index is 688. The van der Waals surface area contributed by atoms with Crippen LogP contribution in [0, 0.1) is 13.8 Å². The van der Waals surface area contributed by atoms with Gasteiger partial charge in [-0.2, -0.15) is 0 Å². The Morgan fingerprint density at radius 3 is 2.80 bits per heavy atom. The van der Waals surface area contributed by atoms with Gasteiger partial charge < -0.3 is 4.74 Å². The number of nitrogens with zero attached hydrogens (tertiary/aromatic N) is 1. The van der Waals surface area contributed by atoms with Crippen LogP contribution in [0.3, 0.4) is 0 Å². The van der Waals surface area contributed by atoms with Gasteiger partial charge >= 0.3 is 5.97 Å². The summed E-state index contributed by atoms with van der Waals surface area (Å²) >= 11 is 1.80. The zero-order valence-corrected chi connectivity index (χ0v) is 13.0. The van der Waals surface area contributed by atoms with E-state index in [1.165, 1.54) is 28.7 Å². The van der Waals surface area contributed by atoms with Crippen LogP contribution in [0.1, 0.15) is 51.8 Å². The van der Waals surface area contributed by atoms with E-state index in [0.717, 1.165) is 28.9 Å². The largest absolute Gasteiger partial charge is 0.462 e. The summed E-state index contributed by atoms with van der Waals surface area (Å²) in [4.78, 5) is 19.4. The number of aromatic nitrogens is 1. The third kappa shape index (κ3) is 2.03. The number of fused-ring (bicyclic) bond motifs is 3. The Morgan fingerprint density at radius 1 is 1.30 bits per heavy atom. The van der Waals surface area contributed by atoms with Crippen molar-refractivity contribution in [3.63, 3.8) is 0 Å². The molecule has 20 heavy (non-hydrogen) atoms. The highest BCUT2D eigenvalue weighted by Gasteiger charge is 2.23. The van der Waals surface area contributed by atoms with Gasteiger partial charge in [0.1, 0.15) is 4.83 Å². The Morgan fingerprint density at radius 2 is 2.05 bits per heavy atom. The lowest BCUT2D eigenvalue weighted by molar-refractivity contribution is 0.0524. The molecule has 0 unspecified atom stereocenters. The molecule has 106 valence electrons. The first-order chi connectivity index (χ1) is 9.63. The minimum absolute atomic E-state index is 0.243. The predicted octanol–water partition coefficient (Wildman–Crippen LogP) is 3.97. The summed E-state index contributed by atoms with van der Waals surface area (Å²) in [6.07, 6.45) is 4.77. The van der Waals surface area contributed by atoms with E-state index in [2.05, 4.69) is 4.98 Å². The average molecular weight is 289 g/mol. The van der Waals surface area contributed by atoms with Crippen molar-refractivity contribution in [3.8, 4) is 0 Å². The first-order valence-corrected chi connectivity index (χ1v) is 8.03. The lowest BCUT2D eigenvalue weighted by Crippen LogP contribution is -2.11. The molecule has 1 aliphatic rings. The van der Waals surface area contributed by atoms with Crippen molar-refractivity contribution in [2.45, 2.75) is 46.5 Å². The summed E-state index contributed by atoms with van der Waals surface area (Å²) in [5.74, 6) is -0.243. The van der Waals surface area contributed by atoms with Gasteiger partial charge in [-0.15, -0.1) is 11.3 Å². The smallest absolute Gasteiger partial charge is 0.340 e. The van der Waals surface area contributed by atoms with Crippen molar-refractivity contribution in [1.29, 1.82) is 0 Å². The first kappa shape index (κ1) is 13.6. The Labute approximate surface area is 123 Å². The SMILES string of the molecule is CCOC(=O)c1c(C)nc2sc3c(c2c1C)CCCC3. The zero-order valence-electron chi connectivity index (χ0n) is 12.2. The number of aryl methyl sites for hydroxylation is 4. The highest BCUT2D eigenvalue weighted by molar-refractivity contribution is 7.18. The monoisotopic (exact) mass is 289 g/mol. The molecule has 0 atom stereocenters. The third-order valence-corrected chi connectivity index (χ3v) is 5.20. The summed E-state index contributed by atoms with van der Waals surface area (Å²) in [6, 6.07) is 0. The maximum Gasteiger partial charge on any atom is 0.340 e. The molecule has 2 aromatic heterocycles. The zero-order chi connectivity index (χ0) is 14.3. The van der Waals surface area contributed by atoms with Crippen LogP contribution in [0.15, 0.2) is 0 Å². The summed E-state index contributed by atoms with van der Waals surface area (Å²) in [7, 11) is 0. The number of carbonyl (C=O) groups is 1. The predicted molar refractivity (Wildman–Crippen MR) is 81.7 cm³/mol. The van der Waals surface area contributed by atoms with E-state index in [1.54, 1.807) is 11.3 Å². The molecule has 0 radical (unpaired) electrons. The van der Waals surface area contributed by atoms with Gasteiger partial charge in [0.2, 0.25) is 0 Å². The normalized spacial score (nSPS) is 14.3. The number of hydrogen-bond donors (Lipinski definition) is 0. The Hall–Kier alpha value is -1.42. The lowest BCUT2D eigenvalue weighted by atomic mass is 9.93. The third-order valence-electron chi connectivity index (χ3n) is 4.01. The maximum absolute atomic E-state index is 12.2. The van der Waals surface area contributed by atoms with Crippen LogP contribution < -0.4 is 0 Å². The van der Waals surface area contributed by atoms with Crippen LogP contribution in [-0.4, -0.2) is 17.6 Å². The van der Waals surface area contributed by atoms with E-state index in [4.69, 9.17) is 4.74 Å². The fourth-order valence-electron chi connectivity index (χ4n) is 3.13. The van der Waals surface area contributed by atoms with Crippen molar-refractivity contribution in [2.75, 3.05) is 6.61 Å². The summed E-state index contributed by atoms with van der Waals surface area (Å²) in [5.41, 5.74) is 3.91. The number of esters is 1. The van der Waals surface area contributed by atoms with E-state index in [9.17, 15) is 4.79 Å². The van der Waals surface area contributed by atoms with Crippen LogP contribution in [0.2, 0.25) is 0 Å². The second-order valence-corrected chi connectivity index (χ2v) is 6.39. The number of hydrogen-bond acceptors (Lipinski definition) is 4. The van der Waals surface area contributed by atoms with Crippen LogP contribution in [0.4, 0.5) is 0 Å². The van der Waals surface area contributed by atoms with Crippen molar-refractivity contribution >= 4 is 27.5 Å². The Kier molecular flexibility index (Phi) is 3.50. The molecule has 0 aliphatic heterocycles. The minimum Gasteiger partial charge on any atom is -0.462 e. The second kappa shape index (κ2) is 5.17. The highest BCUT2D eigenvalue weighted by atomic mass is 32.1. The molecular weight excluding hydrogens is 270 g/mol. The van der Waals surface area contributed by atoms with Gasteiger partial charge in [0, 0.05) is 10.3 Å². The van der Waals surface area contributed by atoms with Crippen molar-refractivity contribution in [1.82, 2.24) is 4.98 Å². The molecule has 2 heterocycles. The fraction of sp³-hybridized carbons (Fsp3) is 0.500. The Balaban J connectivity index is 2.25. The summed E-state index contributed by atoms with van der Waals surface area (Å²) in [5, 5.41) is 1.21. The number of thiophene rings is 1. The molecule has 0 N–H and O–H groups in total.